The summed E-state index contributed by atoms with van der Waals surface area (Å²) in [7, 11) is 0. The summed E-state index contributed by atoms with van der Waals surface area (Å²) in [6, 6.07) is 0. The maximum atomic E-state index is 10.7. The summed E-state index contributed by atoms with van der Waals surface area (Å²) in [5.41, 5.74) is 5.11. The van der Waals surface area contributed by atoms with Crippen LogP contribution in [0.15, 0.2) is 0 Å². The molecule has 0 amide bonds. The van der Waals surface area contributed by atoms with E-state index in [1.165, 1.54) is 6.92 Å². The van der Waals surface area contributed by atoms with E-state index >= 15 is 0 Å². The Kier molecular flexibility index (Phi) is 6.85. The molecule has 0 radical (unpaired) electrons. The third-order valence-electron chi connectivity index (χ3n) is 0.959. The van der Waals surface area contributed by atoms with Gasteiger partial charge in [0.1, 0.15) is 0 Å². The van der Waals surface area contributed by atoms with Crippen molar-refractivity contribution in [2.75, 3.05) is 26.6 Å². The number of carbonyl (C=O) groups is 2. The minimum atomic E-state index is -0.646. The van der Waals surface area contributed by atoms with Gasteiger partial charge < -0.3 is 19.9 Å². The van der Waals surface area contributed by atoms with Crippen molar-refractivity contribution in [1.29, 1.82) is 0 Å². The number of carbonyl (C=O) groups excluding carboxylic acids is 2. The molecule has 76 valence electrons. The molecule has 0 saturated carbocycles. The highest BCUT2D eigenvalue weighted by Crippen LogP contribution is 1.83. The highest BCUT2D eigenvalue weighted by Gasteiger charge is 2.04. The minimum Gasteiger partial charge on any atom is -0.454 e. The van der Waals surface area contributed by atoms with Crippen molar-refractivity contribution >= 4 is 11.9 Å². The fourth-order valence-electron chi connectivity index (χ4n) is 0.452. The van der Waals surface area contributed by atoms with Crippen LogP contribution in [0.5, 0.6) is 0 Å². The van der Waals surface area contributed by atoms with Crippen LogP contribution in [-0.4, -0.2) is 38.5 Å². The van der Waals surface area contributed by atoms with Crippen molar-refractivity contribution in [3.8, 4) is 0 Å². The highest BCUT2D eigenvalue weighted by atomic mass is 16.7. The number of ether oxygens (including phenoxy) is 3. The molecule has 0 spiro atoms. The zero-order valence-corrected chi connectivity index (χ0v) is 7.45. The largest absolute Gasteiger partial charge is 0.454 e. The van der Waals surface area contributed by atoms with Crippen LogP contribution in [0.3, 0.4) is 0 Å². The first kappa shape index (κ1) is 11.9. The van der Waals surface area contributed by atoms with Crippen molar-refractivity contribution in [3.05, 3.63) is 0 Å². The molecule has 13 heavy (non-hydrogen) atoms. The zero-order chi connectivity index (χ0) is 10.1. The Morgan fingerprint density at radius 2 is 2.00 bits per heavy atom. The second-order valence-corrected chi connectivity index (χ2v) is 2.11. The fraction of sp³-hybridized carbons (Fsp3) is 0.714. The number of nitrogens with two attached hydrogens (primary N) is 1. The van der Waals surface area contributed by atoms with Gasteiger partial charge in [-0.2, -0.15) is 0 Å². The molecular weight excluding hydrogens is 178 g/mol. The van der Waals surface area contributed by atoms with Crippen molar-refractivity contribution in [1.82, 2.24) is 0 Å². The predicted octanol–water partition coefficient (Wildman–Crippen LogP) is -0.974. The molecule has 0 fully saturated rings. The molecule has 0 aliphatic rings. The van der Waals surface area contributed by atoms with Gasteiger partial charge in [0.25, 0.3) is 0 Å². The molecule has 6 heteroatoms. The Morgan fingerprint density at radius 1 is 1.31 bits per heavy atom. The second-order valence-electron chi connectivity index (χ2n) is 2.11. The van der Waals surface area contributed by atoms with E-state index in [2.05, 4.69) is 9.47 Å². The van der Waals surface area contributed by atoms with Crippen LogP contribution in [0.4, 0.5) is 0 Å². The van der Waals surface area contributed by atoms with Gasteiger partial charge in [-0.3, -0.25) is 4.79 Å². The van der Waals surface area contributed by atoms with E-state index in [1.54, 1.807) is 0 Å². The smallest absolute Gasteiger partial charge is 0.346 e. The molecule has 0 unspecified atom stereocenters. The van der Waals surface area contributed by atoms with E-state index in [1.807, 2.05) is 0 Å². The van der Waals surface area contributed by atoms with E-state index in [0.717, 1.165) is 0 Å². The van der Waals surface area contributed by atoms with Gasteiger partial charge >= 0.3 is 11.9 Å². The Balaban J connectivity index is 3.25. The van der Waals surface area contributed by atoms with Crippen molar-refractivity contribution in [2.45, 2.75) is 6.92 Å². The molecule has 0 saturated heterocycles. The van der Waals surface area contributed by atoms with Gasteiger partial charge in [0.2, 0.25) is 0 Å². The predicted molar refractivity (Wildman–Crippen MR) is 42.6 cm³/mol. The molecule has 0 aromatic carbocycles. The van der Waals surface area contributed by atoms with Gasteiger partial charge in [0, 0.05) is 13.5 Å². The van der Waals surface area contributed by atoms with Gasteiger partial charge in [0.05, 0.1) is 6.61 Å². The van der Waals surface area contributed by atoms with Gasteiger partial charge in [-0.15, -0.1) is 0 Å². The molecule has 6 nitrogen and oxygen atoms in total. The van der Waals surface area contributed by atoms with Crippen molar-refractivity contribution in [2.24, 2.45) is 5.73 Å². The van der Waals surface area contributed by atoms with Crippen molar-refractivity contribution < 1.29 is 23.8 Å². The molecule has 0 bridgehead atoms. The maximum absolute atomic E-state index is 10.7. The summed E-state index contributed by atoms with van der Waals surface area (Å²) in [6.07, 6.45) is 0. The van der Waals surface area contributed by atoms with Crippen LogP contribution >= 0.6 is 0 Å². The molecule has 0 aromatic heterocycles. The lowest BCUT2D eigenvalue weighted by Crippen LogP contribution is -2.18. The zero-order valence-electron chi connectivity index (χ0n) is 7.45. The highest BCUT2D eigenvalue weighted by molar-refractivity contribution is 5.75. The summed E-state index contributed by atoms with van der Waals surface area (Å²) >= 11 is 0. The second kappa shape index (κ2) is 7.51. The van der Waals surface area contributed by atoms with E-state index in [4.69, 9.17) is 10.5 Å². The normalized spacial score (nSPS) is 9.38. The Labute approximate surface area is 75.9 Å². The molecule has 0 aliphatic heterocycles. The number of rotatable bonds is 6. The Hall–Kier alpha value is -1.14. The molecule has 0 heterocycles. The van der Waals surface area contributed by atoms with Gasteiger partial charge in [-0.25, -0.2) is 4.79 Å². The third-order valence-corrected chi connectivity index (χ3v) is 0.959. The van der Waals surface area contributed by atoms with Crippen LogP contribution in [-0.2, 0) is 23.8 Å². The van der Waals surface area contributed by atoms with Gasteiger partial charge in [0.15, 0.2) is 13.4 Å². The van der Waals surface area contributed by atoms with E-state index in [9.17, 15) is 9.59 Å². The molecule has 0 rings (SSSR count). The van der Waals surface area contributed by atoms with Crippen LogP contribution in [0.2, 0.25) is 0 Å². The standard InChI is InChI=1S/C7H13NO5/c1-6(9)12-4-7(10)13-5-11-3-2-8/h2-5,8H2,1H3. The fourth-order valence-corrected chi connectivity index (χ4v) is 0.452. The lowest BCUT2D eigenvalue weighted by atomic mass is 10.7. The summed E-state index contributed by atoms with van der Waals surface area (Å²) in [5, 5.41) is 0. The van der Waals surface area contributed by atoms with Gasteiger partial charge in [-0.1, -0.05) is 0 Å². The number of esters is 2. The van der Waals surface area contributed by atoms with Crippen LogP contribution in [0.25, 0.3) is 0 Å². The average molecular weight is 191 g/mol. The first-order valence-corrected chi connectivity index (χ1v) is 3.73. The van der Waals surface area contributed by atoms with Crippen LogP contribution in [0, 0.1) is 0 Å². The average Bonchev–Trinajstić information content (AvgIpc) is 2.09. The quantitative estimate of drug-likeness (QED) is 0.330. The maximum Gasteiger partial charge on any atom is 0.346 e. The molecule has 0 atom stereocenters. The van der Waals surface area contributed by atoms with E-state index < -0.39 is 11.9 Å². The first-order valence-electron chi connectivity index (χ1n) is 3.73. The SMILES string of the molecule is CC(=O)OCC(=O)OCOCCN. The first-order chi connectivity index (χ1) is 6.16. The number of hydrogen-bond acceptors (Lipinski definition) is 6. The van der Waals surface area contributed by atoms with Crippen molar-refractivity contribution in [3.63, 3.8) is 0 Å². The Bertz CT molecular complexity index is 170. The topological polar surface area (TPSA) is 87.9 Å². The molecule has 2 N–H and O–H groups in total. The number of hydrogen-bond donors (Lipinski definition) is 1. The Morgan fingerprint density at radius 3 is 2.54 bits per heavy atom. The lowest BCUT2D eigenvalue weighted by Gasteiger charge is -2.04. The lowest BCUT2D eigenvalue weighted by molar-refractivity contribution is -0.166. The van der Waals surface area contributed by atoms with E-state index in [-0.39, 0.29) is 13.4 Å². The van der Waals surface area contributed by atoms with Crippen LogP contribution < -0.4 is 5.73 Å². The molecule has 0 aliphatic carbocycles. The molecular formula is C7H13NO5. The summed E-state index contributed by atoms with van der Waals surface area (Å²) < 4.78 is 13.6. The minimum absolute atomic E-state index is 0.169. The molecule has 0 aromatic rings. The summed E-state index contributed by atoms with van der Waals surface area (Å²) in [6.45, 7) is 1.33. The summed E-state index contributed by atoms with van der Waals surface area (Å²) in [4.78, 5) is 20.9. The van der Waals surface area contributed by atoms with E-state index in [0.29, 0.717) is 13.2 Å². The van der Waals surface area contributed by atoms with Crippen LogP contribution in [0.1, 0.15) is 6.92 Å². The van der Waals surface area contributed by atoms with Gasteiger partial charge in [-0.05, 0) is 0 Å². The monoisotopic (exact) mass is 191 g/mol. The summed E-state index contributed by atoms with van der Waals surface area (Å²) in [5.74, 6) is -1.17. The third kappa shape index (κ3) is 8.77.